The third-order valence-corrected chi connectivity index (χ3v) is 2.32. The fraction of sp³-hybridized carbons (Fsp3) is 0. The van der Waals surface area contributed by atoms with Gasteiger partial charge in [-0.3, -0.25) is 0 Å². The molecule has 0 atom stereocenters. The molecule has 1 heterocycles. The Labute approximate surface area is 86.7 Å². The van der Waals surface area contributed by atoms with E-state index in [-0.39, 0.29) is 0 Å². The molecule has 1 N–H and O–H groups in total. The van der Waals surface area contributed by atoms with E-state index in [2.05, 4.69) is 5.32 Å². The summed E-state index contributed by atoms with van der Waals surface area (Å²) in [7, 11) is 0. The van der Waals surface area contributed by atoms with Gasteiger partial charge in [-0.15, -0.1) is 0 Å². The Balaban J connectivity index is 2.47. The van der Waals surface area contributed by atoms with Crippen LogP contribution in [0.1, 0.15) is 5.56 Å². The van der Waals surface area contributed by atoms with Gasteiger partial charge in [0, 0.05) is 21.9 Å². The van der Waals surface area contributed by atoms with Crippen LogP contribution in [-0.2, 0) is 0 Å². The molecular formula is C10H7Cl2N. The standard InChI is InChI=1S/C10H7Cl2N/c11-6-9-3-1-7-5-8(12)2-4-10(7)13-9/h1-6,13H. The van der Waals surface area contributed by atoms with Crippen LogP contribution in [-0.4, -0.2) is 0 Å². The van der Waals surface area contributed by atoms with E-state index in [9.17, 15) is 0 Å². The Morgan fingerprint density at radius 3 is 2.85 bits per heavy atom. The number of fused-ring (bicyclic) bond motifs is 1. The van der Waals surface area contributed by atoms with E-state index in [0.29, 0.717) is 0 Å². The van der Waals surface area contributed by atoms with Crippen molar-refractivity contribution in [2.75, 3.05) is 5.32 Å². The second kappa shape index (κ2) is 3.44. The number of benzene rings is 1. The van der Waals surface area contributed by atoms with E-state index >= 15 is 0 Å². The highest BCUT2D eigenvalue weighted by Gasteiger charge is 2.05. The molecule has 0 bridgehead atoms. The first-order valence-corrected chi connectivity index (χ1v) is 4.66. The highest BCUT2D eigenvalue weighted by molar-refractivity contribution is 6.30. The van der Waals surface area contributed by atoms with Crippen LogP contribution in [0.2, 0.25) is 5.02 Å². The van der Waals surface area contributed by atoms with Gasteiger partial charge in [0.2, 0.25) is 0 Å². The molecule has 0 aromatic heterocycles. The fourth-order valence-electron chi connectivity index (χ4n) is 1.23. The van der Waals surface area contributed by atoms with Crippen molar-refractivity contribution in [3.63, 3.8) is 0 Å². The Kier molecular flexibility index (Phi) is 2.30. The summed E-state index contributed by atoms with van der Waals surface area (Å²) in [5, 5.41) is 3.90. The van der Waals surface area contributed by atoms with Crippen molar-refractivity contribution in [1.29, 1.82) is 0 Å². The smallest absolute Gasteiger partial charge is 0.0499 e. The average Bonchev–Trinajstić information content (AvgIpc) is 2.17. The lowest BCUT2D eigenvalue weighted by atomic mass is 10.1. The zero-order valence-electron chi connectivity index (χ0n) is 6.72. The summed E-state index contributed by atoms with van der Waals surface area (Å²) in [4.78, 5) is 0. The van der Waals surface area contributed by atoms with E-state index in [1.54, 1.807) is 0 Å². The van der Waals surface area contributed by atoms with Gasteiger partial charge in [-0.1, -0.05) is 29.3 Å². The van der Waals surface area contributed by atoms with Crippen LogP contribution in [0.4, 0.5) is 5.69 Å². The molecule has 0 fully saturated rings. The second-order valence-corrected chi connectivity index (χ2v) is 3.41. The Bertz CT molecular complexity index is 394. The van der Waals surface area contributed by atoms with Gasteiger partial charge >= 0.3 is 0 Å². The highest BCUT2D eigenvalue weighted by Crippen LogP contribution is 2.27. The van der Waals surface area contributed by atoms with Crippen molar-refractivity contribution in [3.05, 3.63) is 46.1 Å². The SMILES string of the molecule is ClC=C1C=Cc2cc(Cl)ccc2N1. The predicted molar refractivity (Wildman–Crippen MR) is 58.0 cm³/mol. The quantitative estimate of drug-likeness (QED) is 0.688. The van der Waals surface area contributed by atoms with E-state index < -0.39 is 0 Å². The van der Waals surface area contributed by atoms with Crippen molar-refractivity contribution in [2.45, 2.75) is 0 Å². The maximum Gasteiger partial charge on any atom is 0.0499 e. The molecule has 0 radical (unpaired) electrons. The molecule has 1 aromatic rings. The van der Waals surface area contributed by atoms with E-state index in [4.69, 9.17) is 23.2 Å². The van der Waals surface area contributed by atoms with Gasteiger partial charge in [0.25, 0.3) is 0 Å². The Morgan fingerprint density at radius 2 is 2.08 bits per heavy atom. The van der Waals surface area contributed by atoms with Crippen molar-refractivity contribution < 1.29 is 0 Å². The highest BCUT2D eigenvalue weighted by atomic mass is 35.5. The molecule has 0 saturated carbocycles. The van der Waals surface area contributed by atoms with Gasteiger partial charge in [0.1, 0.15) is 0 Å². The molecule has 13 heavy (non-hydrogen) atoms. The van der Waals surface area contributed by atoms with Crippen LogP contribution in [0.3, 0.4) is 0 Å². The Hall–Kier alpha value is -0.920. The number of halogens is 2. The second-order valence-electron chi connectivity index (χ2n) is 2.75. The molecule has 0 saturated heterocycles. The summed E-state index contributed by atoms with van der Waals surface area (Å²) in [5.41, 5.74) is 4.50. The zero-order valence-corrected chi connectivity index (χ0v) is 8.23. The van der Waals surface area contributed by atoms with Crippen LogP contribution in [0.15, 0.2) is 35.5 Å². The average molecular weight is 212 g/mol. The predicted octanol–water partition coefficient (Wildman–Crippen LogP) is 3.86. The number of nitrogens with one attached hydrogen (secondary N) is 1. The van der Waals surface area contributed by atoms with Gasteiger partial charge in [-0.05, 0) is 29.8 Å². The largest absolute Gasteiger partial charge is 0.354 e. The van der Waals surface area contributed by atoms with Crippen molar-refractivity contribution in [3.8, 4) is 0 Å². The minimum atomic E-state index is 0.739. The lowest BCUT2D eigenvalue weighted by Gasteiger charge is -2.14. The number of rotatable bonds is 0. The number of hydrogen-bond acceptors (Lipinski definition) is 1. The lowest BCUT2D eigenvalue weighted by Crippen LogP contribution is -2.01. The summed E-state index contributed by atoms with van der Waals surface area (Å²) in [5.74, 6) is 0. The first kappa shape index (κ1) is 8.67. The summed E-state index contributed by atoms with van der Waals surface area (Å²) in [6.45, 7) is 0. The Morgan fingerprint density at radius 1 is 1.23 bits per heavy atom. The molecule has 2 rings (SSSR count). The first-order chi connectivity index (χ1) is 6.29. The number of anilines is 1. The molecule has 0 aliphatic carbocycles. The third kappa shape index (κ3) is 1.71. The van der Waals surface area contributed by atoms with Gasteiger partial charge in [0.05, 0.1) is 0 Å². The van der Waals surface area contributed by atoms with Gasteiger partial charge in [0.15, 0.2) is 0 Å². The van der Waals surface area contributed by atoms with Crippen molar-refractivity contribution >= 4 is 35.0 Å². The molecule has 1 aromatic carbocycles. The molecule has 0 spiro atoms. The topological polar surface area (TPSA) is 12.0 Å². The van der Waals surface area contributed by atoms with Crippen molar-refractivity contribution in [2.24, 2.45) is 0 Å². The van der Waals surface area contributed by atoms with E-state index in [1.807, 2.05) is 30.4 Å². The summed E-state index contributed by atoms with van der Waals surface area (Å²) >= 11 is 11.4. The summed E-state index contributed by atoms with van der Waals surface area (Å²) in [6.07, 6.45) is 3.89. The number of allylic oxidation sites excluding steroid dienone is 1. The molecule has 1 nitrogen and oxygen atoms in total. The van der Waals surface area contributed by atoms with Crippen LogP contribution in [0.5, 0.6) is 0 Å². The summed E-state index contributed by atoms with van der Waals surface area (Å²) in [6, 6.07) is 5.69. The zero-order chi connectivity index (χ0) is 9.26. The van der Waals surface area contributed by atoms with Gasteiger partial charge in [-0.25, -0.2) is 0 Å². The van der Waals surface area contributed by atoms with E-state index in [0.717, 1.165) is 22.0 Å². The molecule has 1 aliphatic rings. The molecule has 0 unspecified atom stereocenters. The van der Waals surface area contributed by atoms with Crippen LogP contribution in [0.25, 0.3) is 6.08 Å². The maximum atomic E-state index is 5.84. The fourth-order valence-corrected chi connectivity index (χ4v) is 1.53. The summed E-state index contributed by atoms with van der Waals surface area (Å²) < 4.78 is 0. The molecule has 66 valence electrons. The first-order valence-electron chi connectivity index (χ1n) is 3.84. The van der Waals surface area contributed by atoms with Crippen LogP contribution in [0, 0.1) is 0 Å². The monoisotopic (exact) mass is 211 g/mol. The minimum Gasteiger partial charge on any atom is -0.354 e. The van der Waals surface area contributed by atoms with Crippen molar-refractivity contribution in [1.82, 2.24) is 0 Å². The maximum absolute atomic E-state index is 5.84. The van der Waals surface area contributed by atoms with Crippen LogP contribution < -0.4 is 5.32 Å². The lowest BCUT2D eigenvalue weighted by molar-refractivity contribution is 1.45. The van der Waals surface area contributed by atoms with Gasteiger partial charge < -0.3 is 5.32 Å². The van der Waals surface area contributed by atoms with Crippen LogP contribution >= 0.6 is 23.2 Å². The molecular weight excluding hydrogens is 205 g/mol. The van der Waals surface area contributed by atoms with Gasteiger partial charge in [-0.2, -0.15) is 0 Å². The third-order valence-electron chi connectivity index (χ3n) is 1.85. The minimum absolute atomic E-state index is 0.739. The van der Waals surface area contributed by atoms with E-state index in [1.165, 1.54) is 5.54 Å². The molecule has 3 heteroatoms. The number of hydrogen-bond donors (Lipinski definition) is 1. The molecule has 0 amide bonds. The molecule has 1 aliphatic heterocycles. The normalized spacial score (nSPS) is 16.9.